The number of nitrogens with one attached hydrogen (secondary N) is 2. The van der Waals surface area contributed by atoms with Crippen molar-refractivity contribution in [2.24, 2.45) is 5.92 Å². The number of carbonyl (C=O) groups is 1. The minimum absolute atomic E-state index is 0.208. The predicted octanol–water partition coefficient (Wildman–Crippen LogP) is 4.17. The van der Waals surface area contributed by atoms with Gasteiger partial charge in [-0.15, -0.1) is 0 Å². The molecule has 1 fully saturated rings. The van der Waals surface area contributed by atoms with Crippen LogP contribution in [0, 0.1) is 5.92 Å². The second kappa shape index (κ2) is 10.1. The molecule has 0 saturated heterocycles. The zero-order valence-electron chi connectivity index (χ0n) is 19.0. The largest absolute Gasteiger partial charge is 0.416 e. The molecule has 0 spiro atoms. The summed E-state index contributed by atoms with van der Waals surface area (Å²) in [5.41, 5.74) is -1.33. The number of sulfonamides is 1. The molecule has 3 N–H and O–H groups in total. The molecule has 3 rings (SSSR count). The number of aliphatic hydroxyl groups is 1. The molecule has 0 heterocycles. The Kier molecular flexibility index (Phi) is 7.74. The van der Waals surface area contributed by atoms with Crippen LogP contribution in [0.3, 0.4) is 0 Å². The smallest absolute Gasteiger partial charge is 0.388 e. The van der Waals surface area contributed by atoms with Gasteiger partial charge in [0, 0.05) is 12.0 Å². The maximum atomic E-state index is 12.9. The number of hydrogen-bond donors (Lipinski definition) is 3. The second-order valence-electron chi connectivity index (χ2n) is 9.20. The fourth-order valence-corrected chi connectivity index (χ4v) is 5.46. The first kappa shape index (κ1) is 26.2. The van der Waals surface area contributed by atoms with Gasteiger partial charge in [-0.3, -0.25) is 4.79 Å². The van der Waals surface area contributed by atoms with Crippen molar-refractivity contribution in [3.8, 4) is 0 Å². The third-order valence-electron chi connectivity index (χ3n) is 6.04. The van der Waals surface area contributed by atoms with E-state index in [2.05, 4.69) is 10.0 Å². The Bertz CT molecular complexity index is 1070. The van der Waals surface area contributed by atoms with E-state index in [-0.39, 0.29) is 16.7 Å². The van der Waals surface area contributed by atoms with Crippen LogP contribution < -0.4 is 10.0 Å². The van der Waals surface area contributed by atoms with Gasteiger partial charge in [0.2, 0.25) is 15.9 Å². The van der Waals surface area contributed by atoms with E-state index in [1.54, 1.807) is 13.8 Å². The first-order chi connectivity index (χ1) is 15.8. The first-order valence-corrected chi connectivity index (χ1v) is 12.5. The topological polar surface area (TPSA) is 95.5 Å². The number of alkyl halides is 3. The quantitative estimate of drug-likeness (QED) is 0.534. The highest BCUT2D eigenvalue weighted by Gasteiger charge is 2.35. The molecule has 0 radical (unpaired) electrons. The first-order valence-electron chi connectivity index (χ1n) is 11.0. The molecule has 186 valence electrons. The Morgan fingerprint density at radius 3 is 2.03 bits per heavy atom. The van der Waals surface area contributed by atoms with Crippen LogP contribution in [0.2, 0.25) is 0 Å². The number of carbonyl (C=O) groups excluding carboxylic acids is 1. The Morgan fingerprint density at radius 1 is 0.971 bits per heavy atom. The maximum Gasteiger partial charge on any atom is 0.416 e. The van der Waals surface area contributed by atoms with E-state index in [0.717, 1.165) is 29.8 Å². The van der Waals surface area contributed by atoms with Crippen LogP contribution in [0.5, 0.6) is 0 Å². The summed E-state index contributed by atoms with van der Waals surface area (Å²) in [6.45, 7) is 3.25. The van der Waals surface area contributed by atoms with E-state index in [1.807, 2.05) is 30.3 Å². The number of rotatable bonds is 7. The van der Waals surface area contributed by atoms with Crippen molar-refractivity contribution in [3.63, 3.8) is 0 Å². The lowest BCUT2D eigenvalue weighted by atomic mass is 9.84. The molecule has 10 heteroatoms. The average molecular weight is 499 g/mol. The predicted molar refractivity (Wildman–Crippen MR) is 121 cm³/mol. The summed E-state index contributed by atoms with van der Waals surface area (Å²) < 4.78 is 65.9. The lowest BCUT2D eigenvalue weighted by molar-refractivity contribution is -0.137. The van der Waals surface area contributed by atoms with Gasteiger partial charge in [0.25, 0.3) is 0 Å². The highest BCUT2D eigenvalue weighted by molar-refractivity contribution is 7.89. The molecule has 0 aromatic heterocycles. The monoisotopic (exact) mass is 498 g/mol. The Labute approximate surface area is 197 Å². The van der Waals surface area contributed by atoms with Crippen LogP contribution in [0.25, 0.3) is 0 Å². The summed E-state index contributed by atoms with van der Waals surface area (Å²) in [6.07, 6.45) is -2.83. The summed E-state index contributed by atoms with van der Waals surface area (Å²) in [4.78, 5) is 12.7. The summed E-state index contributed by atoms with van der Waals surface area (Å²) in [7, 11) is -3.99. The Morgan fingerprint density at radius 2 is 1.53 bits per heavy atom. The lowest BCUT2D eigenvalue weighted by Crippen LogP contribution is -2.46. The molecule has 1 aliphatic carbocycles. The molecule has 6 nitrogen and oxygen atoms in total. The lowest BCUT2D eigenvalue weighted by Gasteiger charge is -2.34. The minimum Gasteiger partial charge on any atom is -0.388 e. The van der Waals surface area contributed by atoms with Crippen LogP contribution in [0.1, 0.15) is 56.7 Å². The number of amides is 1. The number of halogens is 3. The van der Waals surface area contributed by atoms with E-state index in [1.165, 1.54) is 0 Å². The van der Waals surface area contributed by atoms with Gasteiger partial charge in [-0.05, 0) is 69.4 Å². The zero-order valence-corrected chi connectivity index (χ0v) is 19.8. The van der Waals surface area contributed by atoms with E-state index < -0.39 is 39.4 Å². The van der Waals surface area contributed by atoms with Gasteiger partial charge in [-0.25, -0.2) is 13.1 Å². The minimum atomic E-state index is -4.54. The molecule has 1 saturated carbocycles. The van der Waals surface area contributed by atoms with Gasteiger partial charge in [0.1, 0.15) is 0 Å². The normalized spacial score (nSPS) is 20.5. The van der Waals surface area contributed by atoms with Crippen LogP contribution >= 0.6 is 0 Å². The van der Waals surface area contributed by atoms with Crippen molar-refractivity contribution in [3.05, 3.63) is 65.7 Å². The highest BCUT2D eigenvalue weighted by Crippen LogP contribution is 2.31. The van der Waals surface area contributed by atoms with E-state index in [4.69, 9.17) is 0 Å². The second-order valence-corrected chi connectivity index (χ2v) is 10.9. The van der Waals surface area contributed by atoms with Gasteiger partial charge >= 0.3 is 6.18 Å². The molecular formula is C24H29F3N2O4S. The third kappa shape index (κ3) is 6.58. The number of hydrogen-bond acceptors (Lipinski definition) is 4. The molecule has 2 aromatic carbocycles. The molecule has 1 atom stereocenters. The SMILES string of the molecule is CC(C)(O)[C@@H](NC(=O)C1CCC(NS(=O)(=O)c2ccc(C(F)(F)F)cc2)CC1)c1ccccc1. The van der Waals surface area contributed by atoms with Gasteiger partial charge in [-0.2, -0.15) is 13.2 Å². The molecule has 1 aliphatic rings. The number of benzene rings is 2. The molecular weight excluding hydrogens is 469 g/mol. The molecule has 2 aromatic rings. The summed E-state index contributed by atoms with van der Waals surface area (Å²) in [6, 6.07) is 11.5. The molecule has 0 bridgehead atoms. The van der Waals surface area contributed by atoms with Gasteiger partial charge in [0.05, 0.1) is 22.1 Å². The standard InChI is InChI=1S/C24H29F3N2O4S/c1-23(2,31)21(16-6-4-3-5-7-16)28-22(30)17-8-12-19(13-9-17)29-34(32,33)20-14-10-18(11-15-20)24(25,26)27/h3-7,10-11,14-15,17,19,21,29,31H,8-9,12-13H2,1-2H3,(H,28,30)/t17?,19?,21-/m0/s1. The van der Waals surface area contributed by atoms with E-state index in [0.29, 0.717) is 25.7 Å². The maximum absolute atomic E-state index is 12.9. The summed E-state index contributed by atoms with van der Waals surface area (Å²) in [5, 5.41) is 13.5. The van der Waals surface area contributed by atoms with Crippen LogP contribution in [-0.2, 0) is 21.0 Å². The van der Waals surface area contributed by atoms with Crippen molar-refractivity contribution in [2.45, 2.75) is 68.3 Å². The summed E-state index contributed by atoms with van der Waals surface area (Å²) >= 11 is 0. The molecule has 0 aliphatic heterocycles. The fraction of sp³-hybridized carbons (Fsp3) is 0.458. The zero-order chi connectivity index (χ0) is 25.1. The van der Waals surface area contributed by atoms with E-state index >= 15 is 0 Å². The van der Waals surface area contributed by atoms with Crippen molar-refractivity contribution in [2.75, 3.05) is 0 Å². The van der Waals surface area contributed by atoms with E-state index in [9.17, 15) is 31.5 Å². The van der Waals surface area contributed by atoms with Crippen molar-refractivity contribution >= 4 is 15.9 Å². The van der Waals surface area contributed by atoms with Gasteiger partial charge in [0.15, 0.2) is 0 Å². The third-order valence-corrected chi connectivity index (χ3v) is 7.57. The van der Waals surface area contributed by atoms with Crippen LogP contribution in [-0.4, -0.2) is 31.1 Å². The highest BCUT2D eigenvalue weighted by atomic mass is 32.2. The summed E-state index contributed by atoms with van der Waals surface area (Å²) in [5.74, 6) is -0.541. The Balaban J connectivity index is 1.58. The van der Waals surface area contributed by atoms with Crippen molar-refractivity contribution in [1.29, 1.82) is 0 Å². The Hall–Kier alpha value is -2.43. The van der Waals surface area contributed by atoms with Gasteiger partial charge < -0.3 is 10.4 Å². The van der Waals surface area contributed by atoms with Gasteiger partial charge in [-0.1, -0.05) is 30.3 Å². The van der Waals surface area contributed by atoms with Crippen molar-refractivity contribution in [1.82, 2.24) is 10.0 Å². The fourth-order valence-electron chi connectivity index (χ4n) is 4.16. The van der Waals surface area contributed by atoms with Crippen LogP contribution in [0.15, 0.2) is 59.5 Å². The van der Waals surface area contributed by atoms with Crippen molar-refractivity contribution < 1.29 is 31.5 Å². The van der Waals surface area contributed by atoms with Crippen LogP contribution in [0.4, 0.5) is 13.2 Å². The molecule has 0 unspecified atom stereocenters. The average Bonchev–Trinajstić information content (AvgIpc) is 2.77. The molecule has 34 heavy (non-hydrogen) atoms. The molecule has 1 amide bonds.